The van der Waals surface area contributed by atoms with E-state index in [4.69, 9.17) is 0 Å². The second kappa shape index (κ2) is 8.31. The number of nitrogens with one attached hydrogen (secondary N) is 2. The highest BCUT2D eigenvalue weighted by molar-refractivity contribution is 5.93. The fourth-order valence-corrected chi connectivity index (χ4v) is 5.90. The number of H-pyrrole nitrogens is 1. The molecule has 2 bridgehead atoms. The molecule has 2 aliphatic rings. The van der Waals surface area contributed by atoms with Gasteiger partial charge in [0.2, 0.25) is 0 Å². The van der Waals surface area contributed by atoms with Crippen molar-refractivity contribution in [1.29, 1.82) is 0 Å². The summed E-state index contributed by atoms with van der Waals surface area (Å²) in [5.74, 6) is -0.619. The van der Waals surface area contributed by atoms with Gasteiger partial charge < -0.3 is 10.3 Å². The van der Waals surface area contributed by atoms with E-state index in [-0.39, 0.29) is 17.5 Å². The minimum Gasteiger partial charge on any atom is -0.348 e. The number of halogens is 3. The maximum absolute atomic E-state index is 12.9. The first-order chi connectivity index (χ1) is 15.3. The van der Waals surface area contributed by atoms with Gasteiger partial charge in [0, 0.05) is 31.4 Å². The van der Waals surface area contributed by atoms with E-state index in [9.17, 15) is 22.8 Å². The fourth-order valence-electron chi connectivity index (χ4n) is 5.90. The molecular weight excluding hydrogens is 431 g/mol. The van der Waals surface area contributed by atoms with Crippen LogP contribution in [0.25, 0.3) is 0 Å². The van der Waals surface area contributed by atoms with Gasteiger partial charge in [0.1, 0.15) is 5.56 Å². The number of amides is 1. The number of benzene rings is 1. The zero-order valence-corrected chi connectivity index (χ0v) is 19.2. The van der Waals surface area contributed by atoms with Gasteiger partial charge in [-0.05, 0) is 59.9 Å². The van der Waals surface area contributed by atoms with Crippen LogP contribution in [0, 0.1) is 10.8 Å². The number of rotatable bonds is 5. The lowest BCUT2D eigenvalue weighted by Crippen LogP contribution is -2.35. The Morgan fingerprint density at radius 1 is 1.18 bits per heavy atom. The van der Waals surface area contributed by atoms with Gasteiger partial charge in [-0.2, -0.15) is 13.2 Å². The molecule has 1 aliphatic carbocycles. The molecule has 1 saturated carbocycles. The van der Waals surface area contributed by atoms with Gasteiger partial charge >= 0.3 is 6.18 Å². The summed E-state index contributed by atoms with van der Waals surface area (Å²) in [4.78, 5) is 30.3. The molecule has 33 heavy (non-hydrogen) atoms. The number of carbonyl (C=O) groups is 1. The average molecular weight is 462 g/mol. The zero-order chi connectivity index (χ0) is 24.0. The molecule has 8 heteroatoms. The van der Waals surface area contributed by atoms with Gasteiger partial charge in [-0.15, -0.1) is 0 Å². The number of alkyl halides is 3. The molecule has 2 atom stereocenters. The number of likely N-dealkylation sites (tertiary alicyclic amines) is 1. The molecule has 1 aromatic heterocycles. The highest BCUT2D eigenvalue weighted by atomic mass is 19.4. The zero-order valence-electron chi connectivity index (χ0n) is 19.2. The van der Waals surface area contributed by atoms with E-state index in [0.717, 1.165) is 37.2 Å². The SMILES string of the molecule is CC1(C)CC2CC(C)(CN2Cc2ccc(C(=O)NCc3cccc(C(F)(F)F)c3)c(=O)[nH]2)C1. The molecule has 1 saturated heterocycles. The molecule has 0 spiro atoms. The maximum atomic E-state index is 12.9. The Kier molecular flexibility index (Phi) is 5.93. The number of aromatic amines is 1. The monoisotopic (exact) mass is 461 g/mol. The topological polar surface area (TPSA) is 65.2 Å². The number of hydrogen-bond acceptors (Lipinski definition) is 3. The predicted octanol–water partition coefficient (Wildman–Crippen LogP) is 4.72. The summed E-state index contributed by atoms with van der Waals surface area (Å²) in [5.41, 5.74) is 0.324. The Morgan fingerprint density at radius 3 is 2.64 bits per heavy atom. The normalized spacial score (nSPS) is 24.6. The van der Waals surface area contributed by atoms with Crippen molar-refractivity contribution in [2.75, 3.05) is 6.54 Å². The predicted molar refractivity (Wildman–Crippen MR) is 120 cm³/mol. The standard InChI is InChI=1S/C25H30F3N3O2/c1-23(2)10-19-11-24(3,14-23)15-31(19)13-18-7-8-20(22(33)30-18)21(32)29-12-16-5-4-6-17(9-16)25(26,27)28/h4-9,19H,10-15H2,1-3H3,(H,29,32)(H,30,33). The Hall–Kier alpha value is -2.61. The second-order valence-electron chi connectivity index (χ2n) is 10.7. The number of nitrogens with zero attached hydrogens (tertiary/aromatic N) is 1. The van der Waals surface area contributed by atoms with Crippen molar-refractivity contribution >= 4 is 5.91 Å². The lowest BCUT2D eigenvalue weighted by Gasteiger charge is -2.39. The minimum absolute atomic E-state index is 0.0565. The number of aromatic nitrogens is 1. The Bertz CT molecular complexity index is 1110. The Balaban J connectivity index is 1.40. The summed E-state index contributed by atoms with van der Waals surface area (Å²) < 4.78 is 38.6. The van der Waals surface area contributed by atoms with Crippen molar-refractivity contribution in [2.45, 2.75) is 65.3 Å². The molecule has 178 valence electrons. The highest BCUT2D eigenvalue weighted by Crippen LogP contribution is 2.52. The molecule has 2 N–H and O–H groups in total. The second-order valence-corrected chi connectivity index (χ2v) is 10.7. The quantitative estimate of drug-likeness (QED) is 0.677. The average Bonchev–Trinajstić information content (AvgIpc) is 2.93. The first-order valence-corrected chi connectivity index (χ1v) is 11.2. The van der Waals surface area contributed by atoms with Gasteiger partial charge in [-0.3, -0.25) is 14.5 Å². The van der Waals surface area contributed by atoms with Gasteiger partial charge in [0.15, 0.2) is 0 Å². The van der Waals surface area contributed by atoms with Crippen molar-refractivity contribution in [1.82, 2.24) is 15.2 Å². The summed E-state index contributed by atoms with van der Waals surface area (Å²) in [7, 11) is 0. The van der Waals surface area contributed by atoms with Gasteiger partial charge in [0.25, 0.3) is 11.5 Å². The molecule has 1 amide bonds. The maximum Gasteiger partial charge on any atom is 0.416 e. The van der Waals surface area contributed by atoms with Crippen LogP contribution >= 0.6 is 0 Å². The van der Waals surface area contributed by atoms with Crippen LogP contribution in [0.4, 0.5) is 13.2 Å². The lowest BCUT2D eigenvalue weighted by atomic mass is 9.65. The van der Waals surface area contributed by atoms with Crippen molar-refractivity contribution in [2.24, 2.45) is 10.8 Å². The number of pyridine rings is 1. The van der Waals surface area contributed by atoms with Crippen LogP contribution < -0.4 is 10.9 Å². The summed E-state index contributed by atoms with van der Waals surface area (Å²) in [5, 5.41) is 2.53. The van der Waals surface area contributed by atoms with Crippen molar-refractivity contribution < 1.29 is 18.0 Å². The van der Waals surface area contributed by atoms with Crippen molar-refractivity contribution in [3.05, 3.63) is 69.1 Å². The molecule has 2 heterocycles. The van der Waals surface area contributed by atoms with E-state index < -0.39 is 23.2 Å². The lowest BCUT2D eigenvalue weighted by molar-refractivity contribution is -0.137. The fraction of sp³-hybridized carbons (Fsp3) is 0.520. The third-order valence-corrected chi connectivity index (χ3v) is 6.82. The molecule has 1 aliphatic heterocycles. The summed E-state index contributed by atoms with van der Waals surface area (Å²) >= 11 is 0. The first kappa shape index (κ1) is 23.5. The number of carbonyl (C=O) groups excluding carboxylic acids is 1. The van der Waals surface area contributed by atoms with Crippen LogP contribution in [0.15, 0.2) is 41.2 Å². The molecular formula is C25H30F3N3O2. The smallest absolute Gasteiger partial charge is 0.348 e. The van der Waals surface area contributed by atoms with Gasteiger partial charge in [-0.1, -0.05) is 32.9 Å². The molecule has 0 radical (unpaired) electrons. The van der Waals surface area contributed by atoms with E-state index in [0.29, 0.717) is 23.6 Å². The van der Waals surface area contributed by atoms with E-state index >= 15 is 0 Å². The molecule has 2 aromatic rings. The Morgan fingerprint density at radius 2 is 1.94 bits per heavy atom. The highest BCUT2D eigenvalue weighted by Gasteiger charge is 2.49. The van der Waals surface area contributed by atoms with E-state index in [1.54, 1.807) is 6.07 Å². The third kappa shape index (κ3) is 5.32. The molecule has 2 unspecified atom stereocenters. The molecule has 4 rings (SSSR count). The summed E-state index contributed by atoms with van der Waals surface area (Å²) in [6.45, 7) is 8.47. The minimum atomic E-state index is -4.45. The van der Waals surface area contributed by atoms with Gasteiger partial charge in [0.05, 0.1) is 5.56 Å². The van der Waals surface area contributed by atoms with Crippen LogP contribution in [0.1, 0.15) is 67.2 Å². The molecule has 5 nitrogen and oxygen atoms in total. The number of hydrogen-bond donors (Lipinski definition) is 2. The summed E-state index contributed by atoms with van der Waals surface area (Å²) in [6.07, 6.45) is -0.970. The van der Waals surface area contributed by atoms with Crippen LogP contribution in [0.2, 0.25) is 0 Å². The van der Waals surface area contributed by atoms with Crippen LogP contribution in [0.3, 0.4) is 0 Å². The van der Waals surface area contributed by atoms with Crippen molar-refractivity contribution in [3.63, 3.8) is 0 Å². The van der Waals surface area contributed by atoms with E-state index in [2.05, 4.69) is 36.0 Å². The third-order valence-electron chi connectivity index (χ3n) is 6.82. The number of fused-ring (bicyclic) bond motifs is 2. The van der Waals surface area contributed by atoms with Crippen LogP contribution in [-0.4, -0.2) is 28.4 Å². The van der Waals surface area contributed by atoms with Gasteiger partial charge in [-0.25, -0.2) is 0 Å². The van der Waals surface area contributed by atoms with Crippen LogP contribution in [0.5, 0.6) is 0 Å². The largest absolute Gasteiger partial charge is 0.416 e. The van der Waals surface area contributed by atoms with E-state index in [1.165, 1.54) is 24.6 Å². The molecule has 1 aromatic carbocycles. The van der Waals surface area contributed by atoms with Crippen molar-refractivity contribution in [3.8, 4) is 0 Å². The van der Waals surface area contributed by atoms with E-state index in [1.807, 2.05) is 0 Å². The van der Waals surface area contributed by atoms with Crippen LogP contribution in [-0.2, 0) is 19.3 Å². The summed E-state index contributed by atoms with van der Waals surface area (Å²) in [6, 6.07) is 8.47. The Labute approximate surface area is 191 Å². The molecule has 2 fully saturated rings. The first-order valence-electron chi connectivity index (χ1n) is 11.2.